The van der Waals surface area contributed by atoms with Crippen LogP contribution in [-0.2, 0) is 19.4 Å². The first-order chi connectivity index (χ1) is 13.2. The van der Waals surface area contributed by atoms with E-state index in [0.717, 1.165) is 6.42 Å². The van der Waals surface area contributed by atoms with E-state index >= 15 is 0 Å². The predicted octanol–water partition coefficient (Wildman–Crippen LogP) is 0.656. The Morgan fingerprint density at radius 3 is 2.21 bits per heavy atom. The number of amides is 3. The number of sulfone groups is 1. The summed E-state index contributed by atoms with van der Waals surface area (Å²) >= 11 is 0. The number of benzene rings is 1. The van der Waals surface area contributed by atoms with Gasteiger partial charge in [0.1, 0.15) is 6.04 Å². The normalized spacial score (nSPS) is 24.1. The van der Waals surface area contributed by atoms with Gasteiger partial charge in [-0.15, -0.1) is 0 Å². The van der Waals surface area contributed by atoms with Gasteiger partial charge in [-0.1, -0.05) is 6.92 Å². The van der Waals surface area contributed by atoms with Gasteiger partial charge < -0.3 is 15.5 Å². The van der Waals surface area contributed by atoms with Gasteiger partial charge in [0, 0.05) is 30.3 Å². The average Bonchev–Trinajstić information content (AvgIpc) is 3.38. The molecule has 0 spiro atoms. The van der Waals surface area contributed by atoms with Crippen LogP contribution in [0, 0.1) is 11.8 Å². The molecule has 3 rings (SSSR count). The van der Waals surface area contributed by atoms with Crippen LogP contribution >= 0.6 is 0 Å². The minimum absolute atomic E-state index is 0.00698. The molecule has 2 fully saturated rings. The minimum Gasteiger partial charge on any atom is -0.341 e. The first-order valence-electron chi connectivity index (χ1n) is 9.37. The fraction of sp³-hybridized carbons (Fsp3) is 0.526. The maximum atomic E-state index is 12.4. The van der Waals surface area contributed by atoms with E-state index in [9.17, 15) is 22.8 Å². The Hall–Kier alpha value is -2.42. The average molecular weight is 407 g/mol. The second-order valence-electron chi connectivity index (χ2n) is 7.56. The van der Waals surface area contributed by atoms with Crippen LogP contribution in [0.15, 0.2) is 24.3 Å². The van der Waals surface area contributed by atoms with Crippen LogP contribution in [0.4, 0.5) is 5.69 Å². The lowest BCUT2D eigenvalue weighted by atomic mass is 10.1. The highest BCUT2D eigenvalue weighted by molar-refractivity contribution is 7.91. The Morgan fingerprint density at radius 1 is 1.11 bits per heavy atom. The minimum atomic E-state index is -3.07. The molecule has 1 saturated carbocycles. The van der Waals surface area contributed by atoms with Crippen LogP contribution in [0.5, 0.6) is 0 Å². The van der Waals surface area contributed by atoms with E-state index in [-0.39, 0.29) is 42.3 Å². The lowest BCUT2D eigenvalue weighted by Crippen LogP contribution is -2.51. The van der Waals surface area contributed by atoms with Crippen molar-refractivity contribution >= 4 is 33.2 Å². The molecule has 1 heterocycles. The Bertz CT molecular complexity index is 867. The number of carbonyl (C=O) groups excluding carboxylic acids is 3. The Morgan fingerprint density at radius 2 is 1.68 bits per heavy atom. The topological polar surface area (TPSA) is 113 Å². The van der Waals surface area contributed by atoms with Crippen LogP contribution < -0.4 is 10.6 Å². The summed E-state index contributed by atoms with van der Waals surface area (Å²) in [7, 11) is -3.07. The van der Waals surface area contributed by atoms with Crippen molar-refractivity contribution in [1.82, 2.24) is 10.2 Å². The van der Waals surface area contributed by atoms with Gasteiger partial charge in [-0.3, -0.25) is 14.4 Å². The van der Waals surface area contributed by atoms with Crippen molar-refractivity contribution in [2.24, 2.45) is 11.8 Å². The molecule has 28 heavy (non-hydrogen) atoms. The molecule has 1 aromatic rings. The summed E-state index contributed by atoms with van der Waals surface area (Å²) in [5.74, 6) is -0.320. The summed E-state index contributed by atoms with van der Waals surface area (Å²) in [6.07, 6.45) is 0.904. The van der Waals surface area contributed by atoms with E-state index in [1.165, 1.54) is 4.90 Å². The van der Waals surface area contributed by atoms with Crippen molar-refractivity contribution in [3.8, 4) is 0 Å². The largest absolute Gasteiger partial charge is 0.341 e. The van der Waals surface area contributed by atoms with E-state index in [2.05, 4.69) is 10.6 Å². The molecule has 2 N–H and O–H groups in total. The molecule has 2 aliphatic rings. The third kappa shape index (κ3) is 4.89. The van der Waals surface area contributed by atoms with Crippen LogP contribution in [-0.4, -0.2) is 61.7 Å². The third-order valence-corrected chi connectivity index (χ3v) is 6.84. The molecule has 1 aliphatic carbocycles. The van der Waals surface area contributed by atoms with Gasteiger partial charge in [-0.05, 0) is 43.5 Å². The first-order valence-corrected chi connectivity index (χ1v) is 11.2. The van der Waals surface area contributed by atoms with Gasteiger partial charge in [-0.2, -0.15) is 0 Å². The Labute approximate surface area is 164 Å². The van der Waals surface area contributed by atoms with Gasteiger partial charge in [0.15, 0.2) is 9.84 Å². The van der Waals surface area contributed by atoms with Crippen molar-refractivity contribution in [3.63, 3.8) is 0 Å². The van der Waals surface area contributed by atoms with Gasteiger partial charge in [0.2, 0.25) is 11.8 Å². The smallest absolute Gasteiger partial charge is 0.251 e. The third-order valence-electron chi connectivity index (χ3n) is 5.23. The lowest BCUT2D eigenvalue weighted by molar-refractivity contribution is -0.132. The van der Waals surface area contributed by atoms with Crippen molar-refractivity contribution < 1.29 is 22.8 Å². The number of rotatable bonds is 5. The van der Waals surface area contributed by atoms with Crippen LogP contribution in [0.3, 0.4) is 0 Å². The molecule has 1 aliphatic heterocycles. The second kappa shape index (κ2) is 7.90. The number of hydrogen-bond acceptors (Lipinski definition) is 5. The summed E-state index contributed by atoms with van der Waals surface area (Å²) in [5, 5.41) is 5.47. The summed E-state index contributed by atoms with van der Waals surface area (Å²) in [6.45, 7) is 3.91. The Balaban J connectivity index is 1.52. The number of nitrogens with one attached hydrogen (secondary N) is 2. The molecule has 1 aromatic carbocycles. The van der Waals surface area contributed by atoms with E-state index in [0.29, 0.717) is 17.2 Å². The number of hydrogen-bond donors (Lipinski definition) is 2. The monoisotopic (exact) mass is 407 g/mol. The van der Waals surface area contributed by atoms with Gasteiger partial charge in [0.05, 0.1) is 11.5 Å². The van der Waals surface area contributed by atoms with Crippen LogP contribution in [0.1, 0.15) is 30.6 Å². The highest BCUT2D eigenvalue weighted by Crippen LogP contribution is 2.38. The van der Waals surface area contributed by atoms with E-state index in [4.69, 9.17) is 0 Å². The molecule has 3 unspecified atom stereocenters. The highest BCUT2D eigenvalue weighted by Gasteiger charge is 2.39. The molecule has 1 saturated heterocycles. The molecule has 9 heteroatoms. The maximum Gasteiger partial charge on any atom is 0.251 e. The maximum absolute atomic E-state index is 12.4. The second-order valence-corrected chi connectivity index (χ2v) is 9.86. The highest BCUT2D eigenvalue weighted by atomic mass is 32.2. The molecule has 3 amide bonds. The summed E-state index contributed by atoms with van der Waals surface area (Å²) in [4.78, 5) is 38.2. The van der Waals surface area contributed by atoms with Crippen molar-refractivity contribution in [3.05, 3.63) is 29.8 Å². The number of carbonyl (C=O) groups is 3. The predicted molar refractivity (Wildman–Crippen MR) is 105 cm³/mol. The van der Waals surface area contributed by atoms with Crippen LogP contribution in [0.25, 0.3) is 0 Å². The van der Waals surface area contributed by atoms with Crippen molar-refractivity contribution in [2.45, 2.75) is 26.3 Å². The van der Waals surface area contributed by atoms with E-state index < -0.39 is 21.8 Å². The van der Waals surface area contributed by atoms with Gasteiger partial charge in [-0.25, -0.2) is 8.42 Å². The summed E-state index contributed by atoms with van der Waals surface area (Å²) in [6, 6.07) is 5.73. The summed E-state index contributed by atoms with van der Waals surface area (Å²) < 4.78 is 22.9. The van der Waals surface area contributed by atoms with Gasteiger partial charge >= 0.3 is 0 Å². The molecule has 8 nitrogen and oxygen atoms in total. The fourth-order valence-corrected chi connectivity index (χ4v) is 4.38. The first kappa shape index (κ1) is 20.3. The fourth-order valence-electron chi connectivity index (χ4n) is 3.18. The zero-order valence-electron chi connectivity index (χ0n) is 16.0. The van der Waals surface area contributed by atoms with Crippen molar-refractivity contribution in [1.29, 1.82) is 0 Å². The van der Waals surface area contributed by atoms with Crippen molar-refractivity contribution in [2.75, 3.05) is 29.9 Å². The molecule has 0 radical (unpaired) electrons. The molecular formula is C19H25N3O5S. The standard InChI is InChI=1S/C19H25N3O5S/c1-12-11-16(12)18(24)21-15-5-3-14(4-6-15)17(23)20-13(2)19(25)22-7-9-28(26,27)10-8-22/h3-6,12-13,16H,7-11H2,1-2H3,(H,20,23)(H,21,24). The lowest BCUT2D eigenvalue weighted by Gasteiger charge is -2.29. The number of nitrogens with zero attached hydrogens (tertiary/aromatic N) is 1. The zero-order chi connectivity index (χ0) is 20.5. The Kier molecular flexibility index (Phi) is 5.74. The number of anilines is 1. The molecular weight excluding hydrogens is 382 g/mol. The van der Waals surface area contributed by atoms with Gasteiger partial charge in [0.25, 0.3) is 5.91 Å². The molecule has 0 bridgehead atoms. The summed E-state index contributed by atoms with van der Waals surface area (Å²) in [5.41, 5.74) is 0.998. The van der Waals surface area contributed by atoms with E-state index in [1.807, 2.05) is 6.92 Å². The zero-order valence-corrected chi connectivity index (χ0v) is 16.8. The molecule has 0 aromatic heterocycles. The van der Waals surface area contributed by atoms with Crippen LogP contribution in [0.2, 0.25) is 0 Å². The SMILES string of the molecule is CC(NC(=O)c1ccc(NC(=O)C2CC2C)cc1)C(=O)N1CCS(=O)(=O)CC1. The molecule has 152 valence electrons. The van der Waals surface area contributed by atoms with E-state index in [1.54, 1.807) is 31.2 Å². The quantitative estimate of drug-likeness (QED) is 0.744. The molecule has 3 atom stereocenters.